The number of amides is 1. The van der Waals surface area contributed by atoms with E-state index in [0.717, 1.165) is 4.90 Å². The Balaban J connectivity index is 2.72. The van der Waals surface area contributed by atoms with E-state index in [1.807, 2.05) is 0 Å². The first-order valence-corrected chi connectivity index (χ1v) is 5.46. The minimum absolute atomic E-state index is 0.0733. The zero-order valence-corrected chi connectivity index (χ0v) is 9.91. The molecule has 1 amide bonds. The maximum absolute atomic E-state index is 13.0. The van der Waals surface area contributed by atoms with Crippen LogP contribution in [0.3, 0.4) is 0 Å². The summed E-state index contributed by atoms with van der Waals surface area (Å²) in [6, 6.07) is 1.76. The van der Waals surface area contributed by atoms with E-state index < -0.39 is 29.2 Å². The maximum Gasteiger partial charge on any atom is 0.418 e. The quantitative estimate of drug-likeness (QED) is 0.854. The number of fused-ring (bicyclic) bond motifs is 1. The van der Waals surface area contributed by atoms with Crippen molar-refractivity contribution in [2.45, 2.75) is 19.0 Å². The Morgan fingerprint density at radius 3 is 2.47 bits per heavy atom. The minimum Gasteiger partial charge on any atom is -0.478 e. The number of nitrogens with zero attached hydrogens (tertiary/aromatic N) is 1. The van der Waals surface area contributed by atoms with Crippen molar-refractivity contribution in [2.24, 2.45) is 0 Å². The van der Waals surface area contributed by atoms with Crippen LogP contribution in [0.25, 0.3) is 0 Å². The first kappa shape index (κ1) is 13.4. The molecular weight excluding hydrogens is 263 g/mol. The standard InChI is InChI=1S/C12H10F3NO3/c1-16-9(17)3-2-6-4-7(11(18)19)5-8(10(6)16)12(13,14)15/h4-5H,2-3H2,1H3,(H,18,19). The molecule has 19 heavy (non-hydrogen) atoms. The van der Waals surface area contributed by atoms with E-state index in [1.54, 1.807) is 0 Å². The molecule has 0 saturated carbocycles. The fourth-order valence-corrected chi connectivity index (χ4v) is 2.15. The molecule has 0 unspecified atom stereocenters. The van der Waals surface area contributed by atoms with Gasteiger partial charge in [0.1, 0.15) is 0 Å². The van der Waals surface area contributed by atoms with Crippen LogP contribution in [0, 0.1) is 0 Å². The molecular formula is C12H10F3NO3. The second-order valence-corrected chi connectivity index (χ2v) is 4.29. The van der Waals surface area contributed by atoms with E-state index in [4.69, 9.17) is 5.11 Å². The van der Waals surface area contributed by atoms with Crippen molar-refractivity contribution < 1.29 is 27.9 Å². The molecule has 1 aromatic rings. The van der Waals surface area contributed by atoms with Gasteiger partial charge in [0.15, 0.2) is 0 Å². The number of anilines is 1. The van der Waals surface area contributed by atoms with Gasteiger partial charge in [-0.3, -0.25) is 4.79 Å². The molecule has 1 aliphatic heterocycles. The molecule has 7 heteroatoms. The zero-order valence-electron chi connectivity index (χ0n) is 9.91. The van der Waals surface area contributed by atoms with E-state index >= 15 is 0 Å². The van der Waals surface area contributed by atoms with Crippen molar-refractivity contribution in [2.75, 3.05) is 11.9 Å². The van der Waals surface area contributed by atoms with Gasteiger partial charge in [-0.25, -0.2) is 4.79 Å². The lowest BCUT2D eigenvalue weighted by Gasteiger charge is -2.29. The number of hydrogen-bond acceptors (Lipinski definition) is 2. The van der Waals surface area contributed by atoms with Gasteiger partial charge in [-0.1, -0.05) is 0 Å². The number of carboxylic acid groups (broad SMARTS) is 1. The van der Waals surface area contributed by atoms with Crippen LogP contribution in [0.5, 0.6) is 0 Å². The highest BCUT2D eigenvalue weighted by atomic mass is 19.4. The van der Waals surface area contributed by atoms with Crippen LogP contribution in [-0.4, -0.2) is 24.0 Å². The van der Waals surface area contributed by atoms with Gasteiger partial charge in [0, 0.05) is 13.5 Å². The average molecular weight is 273 g/mol. The summed E-state index contributed by atoms with van der Waals surface area (Å²) in [5.74, 6) is -1.84. The van der Waals surface area contributed by atoms with Crippen molar-refractivity contribution in [1.29, 1.82) is 0 Å². The van der Waals surface area contributed by atoms with E-state index in [2.05, 4.69) is 0 Å². The van der Waals surface area contributed by atoms with E-state index in [-0.39, 0.29) is 24.1 Å². The summed E-state index contributed by atoms with van der Waals surface area (Å²) < 4.78 is 39.0. The van der Waals surface area contributed by atoms with Gasteiger partial charge in [0.05, 0.1) is 16.8 Å². The number of carbonyl (C=O) groups excluding carboxylic acids is 1. The molecule has 2 rings (SSSR count). The molecule has 1 heterocycles. The lowest BCUT2D eigenvalue weighted by Crippen LogP contribution is -2.33. The number of aromatic carboxylic acids is 1. The SMILES string of the molecule is CN1C(=O)CCc2cc(C(=O)O)cc(C(F)(F)F)c21. The number of alkyl halides is 3. The Morgan fingerprint density at radius 1 is 1.32 bits per heavy atom. The Morgan fingerprint density at radius 2 is 1.95 bits per heavy atom. The summed E-state index contributed by atoms with van der Waals surface area (Å²) in [5, 5.41) is 8.85. The first-order chi connectivity index (χ1) is 8.71. The number of halogens is 3. The maximum atomic E-state index is 13.0. The summed E-state index contributed by atoms with van der Waals surface area (Å²) in [4.78, 5) is 23.3. The van der Waals surface area contributed by atoms with Crippen LogP contribution < -0.4 is 4.90 Å². The van der Waals surface area contributed by atoms with E-state index in [9.17, 15) is 22.8 Å². The van der Waals surface area contributed by atoms with Gasteiger partial charge in [-0.15, -0.1) is 0 Å². The fourth-order valence-electron chi connectivity index (χ4n) is 2.15. The Bertz CT molecular complexity index is 566. The number of aryl methyl sites for hydroxylation is 1. The molecule has 0 aromatic heterocycles. The number of carbonyl (C=O) groups is 2. The number of hydrogen-bond donors (Lipinski definition) is 1. The summed E-state index contributed by atoms with van der Waals surface area (Å²) in [5.41, 5.74) is -1.52. The number of carboxylic acids is 1. The Hall–Kier alpha value is -2.05. The summed E-state index contributed by atoms with van der Waals surface area (Å²) in [7, 11) is 1.26. The number of rotatable bonds is 1. The third kappa shape index (κ3) is 2.27. The van der Waals surface area contributed by atoms with Crippen LogP contribution in [0.15, 0.2) is 12.1 Å². The highest BCUT2D eigenvalue weighted by Gasteiger charge is 2.39. The van der Waals surface area contributed by atoms with Crippen LogP contribution >= 0.6 is 0 Å². The van der Waals surface area contributed by atoms with Crippen LogP contribution in [0.1, 0.15) is 27.9 Å². The van der Waals surface area contributed by atoms with Gasteiger partial charge in [0.2, 0.25) is 5.91 Å². The smallest absolute Gasteiger partial charge is 0.418 e. The molecule has 0 aliphatic carbocycles. The molecule has 4 nitrogen and oxygen atoms in total. The summed E-state index contributed by atoms with van der Waals surface area (Å²) in [6.07, 6.45) is -4.52. The first-order valence-electron chi connectivity index (χ1n) is 5.46. The topological polar surface area (TPSA) is 57.6 Å². The monoisotopic (exact) mass is 273 g/mol. The van der Waals surface area contributed by atoms with Crippen LogP contribution in [-0.2, 0) is 17.4 Å². The molecule has 1 N–H and O–H groups in total. The van der Waals surface area contributed by atoms with Gasteiger partial charge in [-0.2, -0.15) is 13.2 Å². The minimum atomic E-state index is -4.71. The van der Waals surface area contributed by atoms with E-state index in [0.29, 0.717) is 6.07 Å². The second-order valence-electron chi connectivity index (χ2n) is 4.29. The molecule has 102 valence electrons. The molecule has 0 radical (unpaired) electrons. The molecule has 0 atom stereocenters. The molecule has 0 fully saturated rings. The third-order valence-corrected chi connectivity index (χ3v) is 3.06. The van der Waals surface area contributed by atoms with Gasteiger partial charge < -0.3 is 10.0 Å². The van der Waals surface area contributed by atoms with Crippen molar-refractivity contribution in [3.8, 4) is 0 Å². The van der Waals surface area contributed by atoms with Crippen LogP contribution in [0.2, 0.25) is 0 Å². The Kier molecular flexibility index (Phi) is 3.00. The van der Waals surface area contributed by atoms with Crippen molar-refractivity contribution in [3.63, 3.8) is 0 Å². The van der Waals surface area contributed by atoms with Crippen molar-refractivity contribution in [1.82, 2.24) is 0 Å². The molecule has 1 aliphatic rings. The average Bonchev–Trinajstić information content (AvgIpc) is 2.31. The normalized spacial score (nSPS) is 15.4. The lowest BCUT2D eigenvalue weighted by atomic mass is 9.94. The molecule has 1 aromatic carbocycles. The highest BCUT2D eigenvalue weighted by molar-refractivity contribution is 5.98. The third-order valence-electron chi connectivity index (χ3n) is 3.06. The predicted octanol–water partition coefficient (Wildman–Crippen LogP) is 2.31. The second kappa shape index (κ2) is 4.25. The highest BCUT2D eigenvalue weighted by Crippen LogP contribution is 2.41. The zero-order chi connectivity index (χ0) is 14.4. The summed E-state index contributed by atoms with van der Waals surface area (Å²) in [6.45, 7) is 0. The summed E-state index contributed by atoms with van der Waals surface area (Å²) >= 11 is 0. The van der Waals surface area contributed by atoms with E-state index in [1.165, 1.54) is 13.1 Å². The Labute approximate surface area is 106 Å². The van der Waals surface area contributed by atoms with Gasteiger partial charge in [0.25, 0.3) is 0 Å². The van der Waals surface area contributed by atoms with Gasteiger partial charge in [-0.05, 0) is 24.1 Å². The largest absolute Gasteiger partial charge is 0.478 e. The van der Waals surface area contributed by atoms with Crippen LogP contribution in [0.4, 0.5) is 18.9 Å². The number of benzene rings is 1. The van der Waals surface area contributed by atoms with Crippen molar-refractivity contribution in [3.05, 3.63) is 28.8 Å². The molecule has 0 bridgehead atoms. The fraction of sp³-hybridized carbons (Fsp3) is 0.333. The lowest BCUT2D eigenvalue weighted by molar-refractivity contribution is -0.137. The van der Waals surface area contributed by atoms with Gasteiger partial charge >= 0.3 is 12.1 Å². The van der Waals surface area contributed by atoms with Crippen molar-refractivity contribution >= 4 is 17.6 Å². The molecule has 0 saturated heterocycles. The molecule has 0 spiro atoms. The predicted molar refractivity (Wildman–Crippen MR) is 60.1 cm³/mol.